The Bertz CT molecular complexity index is 662. The van der Waals surface area contributed by atoms with Crippen LogP contribution in [0.3, 0.4) is 0 Å². The maximum Gasteiger partial charge on any atom is 0.243 e. The molecule has 3 atom stereocenters. The molecular formula is C17H22N4O4. The lowest BCUT2D eigenvalue weighted by atomic mass is 10.0. The highest BCUT2D eigenvalue weighted by Gasteiger charge is 2.35. The first kappa shape index (κ1) is 18.4. The van der Waals surface area contributed by atoms with Crippen molar-refractivity contribution >= 4 is 23.6 Å². The molecule has 1 aromatic rings. The smallest absolute Gasteiger partial charge is 0.243 e. The lowest BCUT2D eigenvalue weighted by Crippen LogP contribution is -2.63. The number of rotatable bonds is 7. The molecule has 0 unspecified atom stereocenters. The van der Waals surface area contributed by atoms with Crippen LogP contribution < -0.4 is 21.7 Å². The van der Waals surface area contributed by atoms with Crippen LogP contribution in [0, 0.1) is 0 Å². The Morgan fingerprint density at radius 2 is 1.72 bits per heavy atom. The van der Waals surface area contributed by atoms with E-state index in [2.05, 4.69) is 16.0 Å². The molecule has 134 valence electrons. The lowest BCUT2D eigenvalue weighted by molar-refractivity contribution is -0.138. The first-order valence-corrected chi connectivity index (χ1v) is 8.14. The summed E-state index contributed by atoms with van der Waals surface area (Å²) < 4.78 is 0. The van der Waals surface area contributed by atoms with E-state index in [1.165, 1.54) is 0 Å². The van der Waals surface area contributed by atoms with Gasteiger partial charge in [0.2, 0.25) is 23.6 Å². The summed E-state index contributed by atoms with van der Waals surface area (Å²) >= 11 is 0. The Balaban J connectivity index is 1.91. The normalized spacial score (nSPS) is 21.0. The minimum Gasteiger partial charge on any atom is -0.368 e. The van der Waals surface area contributed by atoms with Gasteiger partial charge in [-0.05, 0) is 12.0 Å². The van der Waals surface area contributed by atoms with Gasteiger partial charge >= 0.3 is 0 Å². The summed E-state index contributed by atoms with van der Waals surface area (Å²) in [7, 11) is 0. The van der Waals surface area contributed by atoms with Crippen molar-refractivity contribution in [3.8, 4) is 0 Å². The highest BCUT2D eigenvalue weighted by molar-refractivity contribution is 5.99. The third-order valence-corrected chi connectivity index (χ3v) is 4.03. The van der Waals surface area contributed by atoms with E-state index >= 15 is 0 Å². The average Bonchev–Trinajstić information content (AvgIpc) is 2.57. The second-order valence-corrected chi connectivity index (χ2v) is 5.95. The largest absolute Gasteiger partial charge is 0.368 e. The van der Waals surface area contributed by atoms with Gasteiger partial charge in [-0.2, -0.15) is 0 Å². The predicted molar refractivity (Wildman–Crippen MR) is 90.0 cm³/mol. The number of benzene rings is 1. The summed E-state index contributed by atoms with van der Waals surface area (Å²) in [5.74, 6) is -1.94. The third kappa shape index (κ3) is 5.03. The number of carbonyl (C=O) groups is 4. The van der Waals surface area contributed by atoms with Gasteiger partial charge < -0.3 is 21.7 Å². The van der Waals surface area contributed by atoms with Crippen molar-refractivity contribution in [2.45, 2.75) is 44.3 Å². The maximum atomic E-state index is 12.2. The Morgan fingerprint density at radius 3 is 2.32 bits per heavy atom. The van der Waals surface area contributed by atoms with Gasteiger partial charge in [0.25, 0.3) is 0 Å². The van der Waals surface area contributed by atoms with Crippen molar-refractivity contribution in [1.29, 1.82) is 0 Å². The van der Waals surface area contributed by atoms with Crippen LogP contribution in [0.15, 0.2) is 30.3 Å². The summed E-state index contributed by atoms with van der Waals surface area (Å²) in [6.45, 7) is 1.71. The SMILES string of the molecule is CC[C@H](NC(=O)C[C@@H]1NC(=O)[C@H](Cc2ccccc2)NC1=O)C(N)=O. The third-order valence-electron chi connectivity index (χ3n) is 4.03. The highest BCUT2D eigenvalue weighted by atomic mass is 16.2. The Morgan fingerprint density at radius 1 is 1.12 bits per heavy atom. The number of hydrogen-bond donors (Lipinski definition) is 4. The number of amides is 4. The molecule has 1 fully saturated rings. The topological polar surface area (TPSA) is 130 Å². The van der Waals surface area contributed by atoms with E-state index in [1.54, 1.807) is 6.92 Å². The molecule has 1 heterocycles. The van der Waals surface area contributed by atoms with Gasteiger partial charge in [-0.15, -0.1) is 0 Å². The second kappa shape index (κ2) is 8.27. The average molecular weight is 346 g/mol. The molecule has 1 saturated heterocycles. The number of hydrogen-bond acceptors (Lipinski definition) is 4. The highest BCUT2D eigenvalue weighted by Crippen LogP contribution is 2.08. The zero-order valence-electron chi connectivity index (χ0n) is 14.0. The maximum absolute atomic E-state index is 12.2. The number of nitrogens with one attached hydrogen (secondary N) is 3. The molecule has 1 aliphatic rings. The zero-order valence-corrected chi connectivity index (χ0v) is 14.0. The van der Waals surface area contributed by atoms with Crippen molar-refractivity contribution < 1.29 is 19.2 Å². The van der Waals surface area contributed by atoms with Crippen LogP contribution in [-0.2, 0) is 25.6 Å². The predicted octanol–water partition coefficient (Wildman–Crippen LogP) is -1.02. The van der Waals surface area contributed by atoms with Crippen LogP contribution >= 0.6 is 0 Å². The molecule has 0 radical (unpaired) electrons. The van der Waals surface area contributed by atoms with Gasteiger partial charge in [0, 0.05) is 6.42 Å². The fourth-order valence-electron chi connectivity index (χ4n) is 2.63. The van der Waals surface area contributed by atoms with E-state index < -0.39 is 35.8 Å². The standard InChI is InChI=1S/C17H22N4O4/c1-2-11(15(18)23)19-14(22)9-13-17(25)20-12(16(24)21-13)8-10-6-4-3-5-7-10/h3-7,11-13H,2,8-9H2,1H3,(H2,18,23)(H,19,22)(H,20,25)(H,21,24)/t11-,12-,13-/m0/s1. The van der Waals surface area contributed by atoms with Crippen LogP contribution in [0.2, 0.25) is 0 Å². The zero-order chi connectivity index (χ0) is 18.4. The monoisotopic (exact) mass is 346 g/mol. The molecule has 0 aliphatic carbocycles. The van der Waals surface area contributed by atoms with Crippen molar-refractivity contribution in [3.05, 3.63) is 35.9 Å². The van der Waals surface area contributed by atoms with Gasteiger partial charge in [0.15, 0.2) is 0 Å². The molecule has 1 aliphatic heterocycles. The van der Waals surface area contributed by atoms with Crippen LogP contribution in [-0.4, -0.2) is 41.8 Å². The molecule has 5 N–H and O–H groups in total. The van der Waals surface area contributed by atoms with Gasteiger partial charge in [-0.25, -0.2) is 0 Å². The van der Waals surface area contributed by atoms with Crippen molar-refractivity contribution in [2.24, 2.45) is 5.73 Å². The lowest BCUT2D eigenvalue weighted by Gasteiger charge is -2.29. The van der Waals surface area contributed by atoms with Gasteiger partial charge in [0.05, 0.1) is 6.42 Å². The first-order valence-electron chi connectivity index (χ1n) is 8.14. The number of piperazine rings is 1. The molecule has 0 saturated carbocycles. The minimum atomic E-state index is -0.968. The molecule has 2 rings (SSSR count). The molecule has 4 amide bonds. The van der Waals surface area contributed by atoms with E-state index in [-0.39, 0.29) is 12.3 Å². The van der Waals surface area contributed by atoms with E-state index in [4.69, 9.17) is 5.73 Å². The first-order chi connectivity index (χ1) is 11.9. The van der Waals surface area contributed by atoms with Crippen molar-refractivity contribution in [3.63, 3.8) is 0 Å². The Labute approximate surface area is 145 Å². The van der Waals surface area contributed by atoms with Crippen molar-refractivity contribution in [1.82, 2.24) is 16.0 Å². The van der Waals surface area contributed by atoms with Crippen molar-refractivity contribution in [2.75, 3.05) is 0 Å². The van der Waals surface area contributed by atoms with E-state index in [1.807, 2.05) is 30.3 Å². The molecule has 0 spiro atoms. The summed E-state index contributed by atoms with van der Waals surface area (Å²) in [5, 5.41) is 7.65. The van der Waals surface area contributed by atoms with E-state index in [0.717, 1.165) is 5.56 Å². The number of carbonyl (C=O) groups excluding carboxylic acids is 4. The van der Waals surface area contributed by atoms with E-state index in [0.29, 0.717) is 12.8 Å². The summed E-state index contributed by atoms with van der Waals surface area (Å²) in [6, 6.07) is 6.88. The molecule has 1 aromatic carbocycles. The summed E-state index contributed by atoms with van der Waals surface area (Å²) in [4.78, 5) is 47.5. The fraction of sp³-hybridized carbons (Fsp3) is 0.412. The van der Waals surface area contributed by atoms with Gasteiger partial charge in [0.1, 0.15) is 18.1 Å². The summed E-state index contributed by atoms with van der Waals surface area (Å²) in [5.41, 5.74) is 6.09. The molecule has 25 heavy (non-hydrogen) atoms. The van der Waals surface area contributed by atoms with Crippen LogP contribution in [0.25, 0.3) is 0 Å². The Hall–Kier alpha value is -2.90. The quantitative estimate of drug-likeness (QED) is 0.503. The van der Waals surface area contributed by atoms with Crippen LogP contribution in [0.5, 0.6) is 0 Å². The van der Waals surface area contributed by atoms with Gasteiger partial charge in [-0.3, -0.25) is 19.2 Å². The summed E-state index contributed by atoms with van der Waals surface area (Å²) in [6.07, 6.45) is 0.472. The minimum absolute atomic E-state index is 0.251. The molecular weight excluding hydrogens is 324 g/mol. The number of primary amides is 1. The van der Waals surface area contributed by atoms with Gasteiger partial charge in [-0.1, -0.05) is 37.3 Å². The molecule has 8 nitrogen and oxygen atoms in total. The molecule has 8 heteroatoms. The van der Waals surface area contributed by atoms with Crippen LogP contribution in [0.4, 0.5) is 0 Å². The molecule has 0 bridgehead atoms. The fourth-order valence-corrected chi connectivity index (χ4v) is 2.63. The van der Waals surface area contributed by atoms with E-state index in [9.17, 15) is 19.2 Å². The number of nitrogens with two attached hydrogens (primary N) is 1. The van der Waals surface area contributed by atoms with Crippen LogP contribution in [0.1, 0.15) is 25.3 Å². The second-order valence-electron chi connectivity index (χ2n) is 5.95. The Kier molecular flexibility index (Phi) is 6.10. The molecule has 0 aromatic heterocycles.